The van der Waals surface area contributed by atoms with Crippen LogP contribution in [0.2, 0.25) is 0 Å². The predicted octanol–water partition coefficient (Wildman–Crippen LogP) is 0.339. The molecule has 17 heavy (non-hydrogen) atoms. The van der Waals surface area contributed by atoms with Crippen LogP contribution < -0.4 is 10.6 Å². The monoisotopic (exact) mass is 237 g/mol. The quantitative estimate of drug-likeness (QED) is 0.728. The summed E-state index contributed by atoms with van der Waals surface area (Å²) < 4.78 is 0. The lowest BCUT2D eigenvalue weighted by molar-refractivity contribution is -0.126. The average molecular weight is 237 g/mol. The molecule has 4 nitrogen and oxygen atoms in total. The van der Waals surface area contributed by atoms with Crippen molar-refractivity contribution in [3.63, 3.8) is 0 Å². The second-order valence-electron chi connectivity index (χ2n) is 5.69. The summed E-state index contributed by atoms with van der Waals surface area (Å²) in [6.07, 6.45) is 5.92. The molecule has 1 amide bonds. The van der Waals surface area contributed by atoms with Gasteiger partial charge >= 0.3 is 0 Å². The van der Waals surface area contributed by atoms with Crippen LogP contribution in [-0.2, 0) is 4.79 Å². The molecular formula is C13H23N3O. The number of fused-ring (bicyclic) bond motifs is 1. The second-order valence-corrected chi connectivity index (χ2v) is 5.69. The van der Waals surface area contributed by atoms with E-state index in [2.05, 4.69) is 15.5 Å². The van der Waals surface area contributed by atoms with E-state index in [1.54, 1.807) is 0 Å². The molecule has 3 saturated heterocycles. The zero-order chi connectivity index (χ0) is 11.7. The van der Waals surface area contributed by atoms with E-state index in [0.29, 0.717) is 12.1 Å². The van der Waals surface area contributed by atoms with Gasteiger partial charge in [-0.3, -0.25) is 9.69 Å². The number of hydrogen-bond donors (Lipinski definition) is 2. The number of amides is 1. The van der Waals surface area contributed by atoms with Crippen LogP contribution in [0.25, 0.3) is 0 Å². The summed E-state index contributed by atoms with van der Waals surface area (Å²) in [5, 5.41) is 6.62. The molecule has 0 aromatic carbocycles. The summed E-state index contributed by atoms with van der Waals surface area (Å²) in [5.74, 6) is 0.496. The van der Waals surface area contributed by atoms with Crippen molar-refractivity contribution in [1.29, 1.82) is 0 Å². The number of rotatable bonds is 2. The zero-order valence-electron chi connectivity index (χ0n) is 10.5. The first kappa shape index (κ1) is 11.5. The molecule has 3 heterocycles. The van der Waals surface area contributed by atoms with E-state index in [1.807, 2.05) is 0 Å². The van der Waals surface area contributed by atoms with Gasteiger partial charge in [0.05, 0.1) is 5.92 Å². The summed E-state index contributed by atoms with van der Waals surface area (Å²) in [4.78, 5) is 14.7. The Morgan fingerprint density at radius 2 is 2.12 bits per heavy atom. The lowest BCUT2D eigenvalue weighted by Crippen LogP contribution is -2.47. The molecule has 0 aromatic heterocycles. The van der Waals surface area contributed by atoms with E-state index in [1.165, 1.54) is 25.9 Å². The fraction of sp³-hybridized carbons (Fsp3) is 0.923. The van der Waals surface area contributed by atoms with E-state index in [9.17, 15) is 4.79 Å². The number of carbonyl (C=O) groups is 1. The molecule has 3 aliphatic rings. The van der Waals surface area contributed by atoms with Crippen molar-refractivity contribution in [3.8, 4) is 0 Å². The molecule has 96 valence electrons. The third-order valence-corrected chi connectivity index (χ3v) is 4.60. The van der Waals surface area contributed by atoms with Gasteiger partial charge in [-0.05, 0) is 45.2 Å². The summed E-state index contributed by atoms with van der Waals surface area (Å²) in [5.41, 5.74) is 0. The highest BCUT2D eigenvalue weighted by atomic mass is 16.2. The first-order valence-electron chi connectivity index (χ1n) is 7.10. The van der Waals surface area contributed by atoms with Gasteiger partial charge in [0.2, 0.25) is 5.91 Å². The van der Waals surface area contributed by atoms with Gasteiger partial charge in [-0.1, -0.05) is 0 Å². The van der Waals surface area contributed by atoms with E-state index in [-0.39, 0.29) is 11.8 Å². The number of carbonyl (C=O) groups excluding carboxylic acids is 1. The highest BCUT2D eigenvalue weighted by Crippen LogP contribution is 2.28. The maximum absolute atomic E-state index is 12.2. The smallest absolute Gasteiger partial charge is 0.224 e. The molecule has 3 fully saturated rings. The molecule has 3 rings (SSSR count). The van der Waals surface area contributed by atoms with E-state index in [4.69, 9.17) is 0 Å². The summed E-state index contributed by atoms with van der Waals surface area (Å²) in [7, 11) is 0. The van der Waals surface area contributed by atoms with Gasteiger partial charge in [-0.2, -0.15) is 0 Å². The van der Waals surface area contributed by atoms with Crippen molar-refractivity contribution < 1.29 is 4.79 Å². The molecule has 2 N–H and O–H groups in total. The average Bonchev–Trinajstić information content (AvgIpc) is 2.95. The van der Waals surface area contributed by atoms with Crippen LogP contribution in [0.3, 0.4) is 0 Å². The van der Waals surface area contributed by atoms with Crippen LogP contribution in [0.15, 0.2) is 0 Å². The predicted molar refractivity (Wildman–Crippen MR) is 66.7 cm³/mol. The molecule has 0 radical (unpaired) electrons. The highest BCUT2D eigenvalue weighted by Gasteiger charge is 2.38. The lowest BCUT2D eigenvalue weighted by atomic mass is 9.97. The molecule has 3 atom stereocenters. The van der Waals surface area contributed by atoms with Gasteiger partial charge in [0.25, 0.3) is 0 Å². The van der Waals surface area contributed by atoms with Crippen molar-refractivity contribution >= 4 is 5.91 Å². The minimum atomic E-state index is 0.208. The maximum atomic E-state index is 12.2. The molecule has 0 aromatic rings. The highest BCUT2D eigenvalue weighted by molar-refractivity contribution is 5.79. The van der Waals surface area contributed by atoms with Gasteiger partial charge in [-0.25, -0.2) is 0 Å². The van der Waals surface area contributed by atoms with Crippen molar-refractivity contribution in [2.45, 2.75) is 44.2 Å². The Balaban J connectivity index is 1.54. The first-order chi connectivity index (χ1) is 8.34. The normalized spacial score (nSPS) is 38.0. The van der Waals surface area contributed by atoms with Crippen LogP contribution in [-0.4, -0.2) is 49.1 Å². The van der Waals surface area contributed by atoms with E-state index in [0.717, 1.165) is 32.4 Å². The molecule has 0 spiro atoms. The first-order valence-corrected chi connectivity index (χ1v) is 7.10. The van der Waals surface area contributed by atoms with Crippen LogP contribution in [0, 0.1) is 5.92 Å². The summed E-state index contributed by atoms with van der Waals surface area (Å²) >= 11 is 0. The number of hydrogen-bond acceptors (Lipinski definition) is 3. The Labute approximate surface area is 103 Å². The zero-order valence-corrected chi connectivity index (χ0v) is 10.5. The summed E-state index contributed by atoms with van der Waals surface area (Å²) in [6, 6.07) is 1.06. The Kier molecular flexibility index (Phi) is 3.34. The van der Waals surface area contributed by atoms with Gasteiger partial charge in [-0.15, -0.1) is 0 Å². The molecule has 0 saturated carbocycles. The van der Waals surface area contributed by atoms with Crippen LogP contribution in [0.5, 0.6) is 0 Å². The second kappa shape index (κ2) is 4.94. The van der Waals surface area contributed by atoms with Crippen LogP contribution >= 0.6 is 0 Å². The SMILES string of the molecule is O=C(NC1CCN2CCCC12)C1CCCNC1. The van der Waals surface area contributed by atoms with E-state index < -0.39 is 0 Å². The Bertz CT molecular complexity index is 288. The summed E-state index contributed by atoms with van der Waals surface area (Å²) in [6.45, 7) is 4.36. The fourth-order valence-electron chi connectivity index (χ4n) is 3.63. The molecule has 0 aliphatic carbocycles. The Morgan fingerprint density at radius 1 is 1.18 bits per heavy atom. The minimum Gasteiger partial charge on any atom is -0.351 e. The molecule has 3 unspecified atom stereocenters. The van der Waals surface area contributed by atoms with Crippen molar-refractivity contribution in [1.82, 2.24) is 15.5 Å². The van der Waals surface area contributed by atoms with E-state index >= 15 is 0 Å². The topological polar surface area (TPSA) is 44.4 Å². The van der Waals surface area contributed by atoms with Gasteiger partial charge in [0.15, 0.2) is 0 Å². The van der Waals surface area contributed by atoms with Gasteiger partial charge in [0.1, 0.15) is 0 Å². The third-order valence-electron chi connectivity index (χ3n) is 4.60. The number of piperidine rings is 1. The van der Waals surface area contributed by atoms with Crippen LogP contribution in [0.1, 0.15) is 32.1 Å². The standard InChI is InChI=1S/C13H23N3O/c17-13(10-3-1-6-14-9-10)15-11-5-8-16-7-2-4-12(11)16/h10-12,14H,1-9H2,(H,15,17). The van der Waals surface area contributed by atoms with Gasteiger partial charge in [0, 0.05) is 25.2 Å². The maximum Gasteiger partial charge on any atom is 0.224 e. The molecule has 4 heteroatoms. The lowest BCUT2D eigenvalue weighted by Gasteiger charge is -2.26. The van der Waals surface area contributed by atoms with Crippen molar-refractivity contribution in [2.75, 3.05) is 26.2 Å². The van der Waals surface area contributed by atoms with Gasteiger partial charge < -0.3 is 10.6 Å². The third kappa shape index (κ3) is 2.33. The number of nitrogens with zero attached hydrogens (tertiary/aromatic N) is 1. The number of nitrogens with one attached hydrogen (secondary N) is 2. The van der Waals surface area contributed by atoms with Crippen molar-refractivity contribution in [2.24, 2.45) is 5.92 Å². The molecular weight excluding hydrogens is 214 g/mol. The minimum absolute atomic E-state index is 0.208. The fourth-order valence-corrected chi connectivity index (χ4v) is 3.63. The Hall–Kier alpha value is -0.610. The molecule has 3 aliphatic heterocycles. The molecule has 0 bridgehead atoms. The largest absolute Gasteiger partial charge is 0.351 e. The van der Waals surface area contributed by atoms with Crippen molar-refractivity contribution in [3.05, 3.63) is 0 Å². The van der Waals surface area contributed by atoms with Crippen LogP contribution in [0.4, 0.5) is 0 Å². The Morgan fingerprint density at radius 3 is 2.94 bits per heavy atom.